The summed E-state index contributed by atoms with van der Waals surface area (Å²) in [6.45, 7) is 12.1. The number of nitrogens with one attached hydrogen (secondary N) is 1. The molecule has 8 nitrogen and oxygen atoms in total. The van der Waals surface area contributed by atoms with Crippen molar-refractivity contribution in [1.82, 2.24) is 19.4 Å². The Morgan fingerprint density at radius 2 is 1.85 bits per heavy atom. The maximum absolute atomic E-state index is 14.5. The van der Waals surface area contributed by atoms with E-state index in [-0.39, 0.29) is 22.8 Å². The van der Waals surface area contributed by atoms with Gasteiger partial charge in [-0.2, -0.15) is 0 Å². The van der Waals surface area contributed by atoms with Gasteiger partial charge in [0.1, 0.15) is 11.6 Å². The molecule has 3 aromatic carbocycles. The largest absolute Gasteiger partial charge is 0.497 e. The van der Waals surface area contributed by atoms with E-state index in [4.69, 9.17) is 9.73 Å². The van der Waals surface area contributed by atoms with Gasteiger partial charge in [-0.1, -0.05) is 64.1 Å². The number of aromatic nitrogens is 2. The number of aliphatic imine (C=N–C) groups is 1. The Morgan fingerprint density at radius 3 is 2.56 bits per heavy atom. The lowest BCUT2D eigenvalue weighted by atomic mass is 9.63. The van der Waals surface area contributed by atoms with Crippen molar-refractivity contribution in [1.29, 1.82) is 0 Å². The van der Waals surface area contributed by atoms with Crippen LogP contribution in [-0.2, 0) is 19.5 Å². The lowest BCUT2D eigenvalue weighted by Crippen LogP contribution is -2.44. The molecule has 1 unspecified atom stereocenters. The van der Waals surface area contributed by atoms with E-state index in [9.17, 15) is 9.18 Å². The molecule has 1 N–H and O–H groups in total. The number of hydrogen-bond acceptors (Lipinski definition) is 5. The summed E-state index contributed by atoms with van der Waals surface area (Å²) in [5.41, 5.74) is 3.29. The number of guanidine groups is 1. The van der Waals surface area contributed by atoms with Gasteiger partial charge in [0.15, 0.2) is 5.96 Å². The van der Waals surface area contributed by atoms with E-state index < -0.39 is 0 Å². The van der Waals surface area contributed by atoms with Gasteiger partial charge in [-0.3, -0.25) is 9.36 Å². The Kier molecular flexibility index (Phi) is 11.2. The molecule has 1 aliphatic carbocycles. The second-order valence-electron chi connectivity index (χ2n) is 14.2. The molecule has 48 heavy (non-hydrogen) atoms. The fraction of sp³-hybridized carbons (Fsp3) is 0.462. The molecule has 9 heteroatoms. The zero-order chi connectivity index (χ0) is 34.4. The fourth-order valence-corrected chi connectivity index (χ4v) is 6.60. The topological polar surface area (TPSA) is 75.0 Å². The molecule has 0 aliphatic heterocycles. The van der Waals surface area contributed by atoms with Crippen molar-refractivity contribution in [2.45, 2.75) is 66.1 Å². The highest BCUT2D eigenvalue weighted by atomic mass is 19.1. The first kappa shape index (κ1) is 35.1. The van der Waals surface area contributed by atoms with E-state index in [1.807, 2.05) is 24.3 Å². The number of aryl methyl sites for hydroxylation is 2. The number of halogens is 1. The molecule has 1 saturated carbocycles. The normalized spacial score (nSPS) is 19.4. The van der Waals surface area contributed by atoms with E-state index in [2.05, 4.69) is 86.2 Å². The number of rotatable bonds is 11. The van der Waals surface area contributed by atoms with Crippen molar-refractivity contribution in [3.05, 3.63) is 100 Å². The Bertz CT molecular complexity index is 1770. The van der Waals surface area contributed by atoms with E-state index in [1.165, 1.54) is 18.7 Å². The fourth-order valence-electron chi connectivity index (χ4n) is 6.60. The molecule has 0 saturated heterocycles. The highest BCUT2D eigenvalue weighted by Crippen LogP contribution is 2.44. The number of methoxy groups -OCH3 is 1. The summed E-state index contributed by atoms with van der Waals surface area (Å²) in [5.74, 6) is 1.92. The highest BCUT2D eigenvalue weighted by molar-refractivity contribution is 5.95. The number of anilines is 1. The van der Waals surface area contributed by atoms with Crippen molar-refractivity contribution in [3.63, 3.8) is 0 Å². The maximum atomic E-state index is 14.5. The third-order valence-corrected chi connectivity index (χ3v) is 10.3. The Hall–Kier alpha value is -4.24. The number of likely N-dealkylation sites (N-methyl/N-ethyl adjacent to an activating group) is 1. The van der Waals surface area contributed by atoms with Crippen LogP contribution in [0, 0.1) is 23.1 Å². The zero-order valence-electron chi connectivity index (χ0n) is 29.5. The van der Waals surface area contributed by atoms with Crippen LogP contribution >= 0.6 is 0 Å². The van der Waals surface area contributed by atoms with Crippen LogP contribution in [0.25, 0.3) is 10.9 Å². The molecule has 1 fully saturated rings. The number of benzene rings is 3. The molecule has 5 rings (SSSR count). The molecule has 3 atom stereocenters. The number of hydrogen-bond donors (Lipinski definition) is 1. The minimum Gasteiger partial charge on any atom is -0.497 e. The first-order valence-corrected chi connectivity index (χ1v) is 17.0. The third-order valence-electron chi connectivity index (χ3n) is 10.3. The Balaban J connectivity index is 1.44. The molecular weight excluding hydrogens is 603 g/mol. The van der Waals surface area contributed by atoms with Crippen LogP contribution in [0.5, 0.6) is 5.75 Å². The van der Waals surface area contributed by atoms with Crippen LogP contribution in [0.1, 0.15) is 51.7 Å². The van der Waals surface area contributed by atoms with Gasteiger partial charge in [-0.15, -0.1) is 0 Å². The molecule has 256 valence electrons. The smallest absolute Gasteiger partial charge is 0.261 e. The molecule has 0 amide bonds. The van der Waals surface area contributed by atoms with Gasteiger partial charge in [0.05, 0.1) is 30.4 Å². The summed E-state index contributed by atoms with van der Waals surface area (Å²) in [4.78, 5) is 28.1. The SMILES string of the molecule is COc1ccc(CCn2cnc3cc(NC(=NC4CCC(C)(C)[C@@H](C)[C@@H]4C)N(CCN(C)C)Cc4ccccc4)ccc3c2=O)c(F)c1. The predicted octanol–water partition coefficient (Wildman–Crippen LogP) is 7.08. The molecule has 0 bridgehead atoms. The van der Waals surface area contributed by atoms with E-state index in [0.717, 1.165) is 37.6 Å². The van der Waals surface area contributed by atoms with Crippen LogP contribution in [0.4, 0.5) is 10.1 Å². The van der Waals surface area contributed by atoms with Gasteiger partial charge in [0.25, 0.3) is 5.56 Å². The van der Waals surface area contributed by atoms with Crippen molar-refractivity contribution < 1.29 is 9.13 Å². The second-order valence-corrected chi connectivity index (χ2v) is 14.2. The molecule has 1 heterocycles. The van der Waals surface area contributed by atoms with Gasteiger partial charge in [-0.05, 0) is 86.0 Å². The number of nitrogens with zero attached hydrogens (tertiary/aromatic N) is 5. The standard InChI is InChI=1S/C39H51FN6O2/c1-27-28(2)39(3,4)19-17-35(27)43-38(45(22-21-44(5)6)25-29-11-9-8-10-12-29)42-31-14-16-33-36(23-31)41-26-46(37(33)47)20-18-30-13-15-32(48-7)24-34(30)40/h8-16,23-24,26-28,35H,17-22,25H2,1-7H3,(H,42,43)/t27-,28-,35?/m0/s1. The van der Waals surface area contributed by atoms with Gasteiger partial charge < -0.3 is 19.9 Å². The highest BCUT2D eigenvalue weighted by Gasteiger charge is 2.39. The van der Waals surface area contributed by atoms with Crippen LogP contribution in [0.3, 0.4) is 0 Å². The number of ether oxygens (including phenoxy) is 1. The molecule has 0 radical (unpaired) electrons. The zero-order valence-corrected chi connectivity index (χ0v) is 29.5. The molecule has 4 aromatic rings. The van der Waals surface area contributed by atoms with Crippen molar-refractivity contribution in [2.24, 2.45) is 22.2 Å². The third kappa shape index (κ3) is 8.42. The first-order valence-electron chi connectivity index (χ1n) is 17.0. The molecule has 1 aromatic heterocycles. The van der Waals surface area contributed by atoms with Crippen LogP contribution < -0.4 is 15.6 Å². The van der Waals surface area contributed by atoms with Crippen LogP contribution in [0.15, 0.2) is 82.8 Å². The monoisotopic (exact) mass is 654 g/mol. The second kappa shape index (κ2) is 15.3. The van der Waals surface area contributed by atoms with Crippen LogP contribution in [0.2, 0.25) is 0 Å². The minimum absolute atomic E-state index is 0.154. The van der Waals surface area contributed by atoms with Crippen molar-refractivity contribution in [3.8, 4) is 5.75 Å². The average molecular weight is 655 g/mol. The predicted molar refractivity (Wildman–Crippen MR) is 194 cm³/mol. The summed E-state index contributed by atoms with van der Waals surface area (Å²) in [5, 5.41) is 4.19. The Morgan fingerprint density at radius 1 is 1.08 bits per heavy atom. The first-order chi connectivity index (χ1) is 22.9. The van der Waals surface area contributed by atoms with E-state index in [0.29, 0.717) is 53.6 Å². The summed E-state index contributed by atoms with van der Waals surface area (Å²) in [7, 11) is 5.69. The quantitative estimate of drug-likeness (QED) is 0.138. The van der Waals surface area contributed by atoms with E-state index >= 15 is 0 Å². The van der Waals surface area contributed by atoms with Gasteiger partial charge >= 0.3 is 0 Å². The number of fused-ring (bicyclic) bond motifs is 1. The summed E-state index contributed by atoms with van der Waals surface area (Å²) in [6.07, 6.45) is 4.09. The van der Waals surface area contributed by atoms with Crippen molar-refractivity contribution in [2.75, 3.05) is 39.6 Å². The summed E-state index contributed by atoms with van der Waals surface area (Å²) < 4.78 is 21.2. The average Bonchev–Trinajstić information content (AvgIpc) is 3.07. The molecule has 1 aliphatic rings. The maximum Gasteiger partial charge on any atom is 0.261 e. The van der Waals surface area contributed by atoms with Crippen molar-refractivity contribution >= 4 is 22.5 Å². The lowest BCUT2D eigenvalue weighted by molar-refractivity contribution is 0.0828. The van der Waals surface area contributed by atoms with Crippen LogP contribution in [-0.4, -0.2) is 65.6 Å². The molecular formula is C39H51FN6O2. The van der Waals surface area contributed by atoms with Gasteiger partial charge in [0, 0.05) is 37.9 Å². The summed E-state index contributed by atoms with van der Waals surface area (Å²) in [6, 6.07) is 21.1. The Labute approximate surface area is 284 Å². The minimum atomic E-state index is -0.350. The summed E-state index contributed by atoms with van der Waals surface area (Å²) >= 11 is 0. The lowest BCUT2D eigenvalue weighted by Gasteiger charge is -2.44. The van der Waals surface area contributed by atoms with Gasteiger partial charge in [0.2, 0.25) is 0 Å². The van der Waals surface area contributed by atoms with E-state index in [1.54, 1.807) is 23.0 Å². The van der Waals surface area contributed by atoms with Gasteiger partial charge in [-0.25, -0.2) is 14.4 Å². The molecule has 0 spiro atoms.